The normalized spacial score (nSPS) is 17.0. The van der Waals surface area contributed by atoms with Gasteiger partial charge in [-0.1, -0.05) is 23.5 Å². The fourth-order valence-electron chi connectivity index (χ4n) is 4.17. The first-order valence-electron chi connectivity index (χ1n) is 10.8. The number of aliphatic hydroxyl groups is 1. The second-order valence-corrected chi connectivity index (χ2v) is 9.93. The van der Waals surface area contributed by atoms with Gasteiger partial charge in [0.25, 0.3) is 5.78 Å². The van der Waals surface area contributed by atoms with Gasteiger partial charge < -0.3 is 19.7 Å². The molecule has 2 heterocycles. The topological polar surface area (TPSA) is 109 Å². The lowest BCUT2D eigenvalue weighted by molar-refractivity contribution is -0.132. The number of nitrogens with zero attached hydrogens (tertiary/aromatic N) is 2. The van der Waals surface area contributed by atoms with E-state index < -0.39 is 29.3 Å². The Kier molecular flexibility index (Phi) is 6.34. The molecule has 188 valence electrons. The van der Waals surface area contributed by atoms with Gasteiger partial charge in [-0.2, -0.15) is 0 Å². The summed E-state index contributed by atoms with van der Waals surface area (Å²) in [4.78, 5) is 32.4. The van der Waals surface area contributed by atoms with Crippen LogP contribution in [0.4, 0.5) is 9.52 Å². The number of benzene rings is 3. The van der Waals surface area contributed by atoms with Crippen molar-refractivity contribution in [2.24, 2.45) is 0 Å². The fraction of sp³-hybridized carbons (Fsp3) is 0.115. The van der Waals surface area contributed by atoms with Gasteiger partial charge in [-0.05, 0) is 64.0 Å². The molecule has 0 radical (unpaired) electrons. The van der Waals surface area contributed by atoms with E-state index in [1.165, 1.54) is 50.6 Å². The molecule has 0 bridgehead atoms. The van der Waals surface area contributed by atoms with E-state index in [1.54, 1.807) is 18.2 Å². The Labute approximate surface area is 222 Å². The zero-order valence-corrected chi connectivity index (χ0v) is 21.8. The highest BCUT2D eigenvalue weighted by atomic mass is 79.9. The summed E-state index contributed by atoms with van der Waals surface area (Å²) in [5.41, 5.74) is 0.872. The number of ether oxygens (including phenoxy) is 2. The zero-order valence-electron chi connectivity index (χ0n) is 19.4. The largest absolute Gasteiger partial charge is 0.507 e. The van der Waals surface area contributed by atoms with Crippen molar-refractivity contribution in [2.75, 3.05) is 19.1 Å². The van der Waals surface area contributed by atoms with E-state index in [0.29, 0.717) is 21.5 Å². The van der Waals surface area contributed by atoms with Gasteiger partial charge in [-0.3, -0.25) is 14.5 Å². The molecule has 4 aromatic rings. The van der Waals surface area contributed by atoms with E-state index in [9.17, 15) is 24.2 Å². The Morgan fingerprint density at radius 3 is 2.62 bits per heavy atom. The molecule has 1 amide bonds. The van der Waals surface area contributed by atoms with Gasteiger partial charge in [-0.25, -0.2) is 9.37 Å². The SMILES string of the molecule is COc1cccc(C(O)=C2C(=O)C(=O)N(c3nc4ccc(F)cc4s3)C2c2cc(Br)c(O)c(OC)c2)c1. The molecule has 11 heteroatoms. The maximum Gasteiger partial charge on any atom is 0.301 e. The molecule has 1 aromatic heterocycles. The standard InChI is InChI=1S/C26H18BrFN2O6S/c1-35-15-5-3-4-12(8-15)22(31)20-21(13-9-16(27)23(32)18(10-13)36-2)30(25(34)24(20)33)26-29-17-7-6-14(28)11-19(17)37-26/h3-11,21,31-32H,1-2H3. The monoisotopic (exact) mass is 584 g/mol. The van der Waals surface area contributed by atoms with Gasteiger partial charge in [0.05, 0.1) is 40.5 Å². The molecular formula is C26H18BrFN2O6S. The predicted octanol–water partition coefficient (Wildman–Crippen LogP) is 5.55. The molecule has 5 rings (SSSR count). The van der Waals surface area contributed by atoms with Gasteiger partial charge in [0, 0.05) is 5.56 Å². The van der Waals surface area contributed by atoms with Gasteiger partial charge in [0.15, 0.2) is 16.6 Å². The van der Waals surface area contributed by atoms with Gasteiger partial charge >= 0.3 is 5.91 Å². The molecule has 0 spiro atoms. The summed E-state index contributed by atoms with van der Waals surface area (Å²) in [6.07, 6.45) is 0. The number of amides is 1. The number of carbonyl (C=O) groups is 2. The summed E-state index contributed by atoms with van der Waals surface area (Å²) in [6.45, 7) is 0. The summed E-state index contributed by atoms with van der Waals surface area (Å²) < 4.78 is 25.1. The Morgan fingerprint density at radius 2 is 1.89 bits per heavy atom. The molecule has 2 N–H and O–H groups in total. The Morgan fingerprint density at radius 1 is 1.11 bits per heavy atom. The number of hydrogen-bond donors (Lipinski definition) is 2. The van der Waals surface area contributed by atoms with E-state index in [0.717, 1.165) is 16.2 Å². The molecule has 1 fully saturated rings. The van der Waals surface area contributed by atoms with Crippen molar-refractivity contribution in [3.8, 4) is 17.2 Å². The first-order chi connectivity index (χ1) is 17.7. The number of ketones is 1. The van der Waals surface area contributed by atoms with Crippen LogP contribution in [0.2, 0.25) is 0 Å². The van der Waals surface area contributed by atoms with E-state index in [1.807, 2.05) is 0 Å². The quantitative estimate of drug-likeness (QED) is 0.180. The number of aromatic nitrogens is 1. The lowest BCUT2D eigenvalue weighted by atomic mass is 9.95. The molecule has 3 aromatic carbocycles. The van der Waals surface area contributed by atoms with Crippen molar-refractivity contribution in [3.63, 3.8) is 0 Å². The fourth-order valence-corrected chi connectivity index (χ4v) is 5.64. The van der Waals surface area contributed by atoms with Crippen LogP contribution in [0.1, 0.15) is 17.2 Å². The van der Waals surface area contributed by atoms with Crippen molar-refractivity contribution in [2.45, 2.75) is 6.04 Å². The first-order valence-corrected chi connectivity index (χ1v) is 12.4. The number of rotatable bonds is 5. The van der Waals surface area contributed by atoms with E-state index in [-0.39, 0.29) is 32.2 Å². The van der Waals surface area contributed by atoms with Crippen molar-refractivity contribution in [1.82, 2.24) is 4.98 Å². The maximum absolute atomic E-state index is 13.8. The van der Waals surface area contributed by atoms with Gasteiger partial charge in [0.1, 0.15) is 17.3 Å². The highest BCUT2D eigenvalue weighted by Crippen LogP contribution is 2.47. The minimum Gasteiger partial charge on any atom is -0.507 e. The lowest BCUT2D eigenvalue weighted by Crippen LogP contribution is -2.29. The summed E-state index contributed by atoms with van der Waals surface area (Å²) in [6, 6.07) is 12.3. The first kappa shape index (κ1) is 24.7. The number of hydrogen-bond acceptors (Lipinski definition) is 8. The van der Waals surface area contributed by atoms with E-state index in [2.05, 4.69) is 20.9 Å². The van der Waals surface area contributed by atoms with E-state index in [4.69, 9.17) is 9.47 Å². The van der Waals surface area contributed by atoms with Crippen molar-refractivity contribution < 1.29 is 33.7 Å². The highest BCUT2D eigenvalue weighted by Gasteiger charge is 2.48. The number of halogens is 2. The predicted molar refractivity (Wildman–Crippen MR) is 140 cm³/mol. The molecule has 0 saturated carbocycles. The number of thiazole rings is 1. The third kappa shape index (κ3) is 4.19. The van der Waals surface area contributed by atoms with Crippen molar-refractivity contribution in [1.29, 1.82) is 0 Å². The lowest BCUT2D eigenvalue weighted by Gasteiger charge is -2.24. The molecule has 8 nitrogen and oxygen atoms in total. The molecule has 37 heavy (non-hydrogen) atoms. The number of fused-ring (bicyclic) bond motifs is 1. The molecule has 1 aliphatic rings. The Bertz CT molecular complexity index is 1620. The van der Waals surface area contributed by atoms with Crippen LogP contribution in [0.3, 0.4) is 0 Å². The zero-order chi connectivity index (χ0) is 26.4. The summed E-state index contributed by atoms with van der Waals surface area (Å²) in [5, 5.41) is 21.8. The molecule has 1 atom stereocenters. The van der Waals surface area contributed by atoms with Crippen LogP contribution in [0.25, 0.3) is 16.0 Å². The number of phenols is 1. The maximum atomic E-state index is 13.8. The summed E-state index contributed by atoms with van der Waals surface area (Å²) >= 11 is 4.31. The number of carbonyl (C=O) groups excluding carboxylic acids is 2. The van der Waals surface area contributed by atoms with Gasteiger partial charge in [0.2, 0.25) is 0 Å². The number of aromatic hydroxyl groups is 1. The minimum absolute atomic E-state index is 0.0858. The smallest absolute Gasteiger partial charge is 0.301 e. The third-order valence-corrected chi connectivity index (χ3v) is 7.54. The third-order valence-electron chi connectivity index (χ3n) is 5.92. The molecule has 0 aliphatic carbocycles. The Hall–Kier alpha value is -3.96. The number of anilines is 1. The molecular weight excluding hydrogens is 567 g/mol. The van der Waals surface area contributed by atoms with Gasteiger partial charge in [-0.15, -0.1) is 0 Å². The Balaban J connectivity index is 1.77. The average molecular weight is 585 g/mol. The number of phenolic OH excluding ortho intramolecular Hbond substituents is 1. The highest BCUT2D eigenvalue weighted by molar-refractivity contribution is 9.10. The van der Waals surface area contributed by atoms with Crippen molar-refractivity contribution in [3.05, 3.63) is 81.6 Å². The second kappa shape index (κ2) is 9.49. The van der Waals surface area contributed by atoms with Crippen LogP contribution in [-0.4, -0.2) is 41.1 Å². The summed E-state index contributed by atoms with van der Waals surface area (Å²) in [5.74, 6) is -2.38. The average Bonchev–Trinajstić information content (AvgIpc) is 3.42. The molecule has 1 aliphatic heterocycles. The van der Waals surface area contributed by atoms with Crippen LogP contribution in [0.5, 0.6) is 17.2 Å². The van der Waals surface area contributed by atoms with Crippen LogP contribution in [-0.2, 0) is 9.59 Å². The van der Waals surface area contributed by atoms with Crippen LogP contribution in [0.15, 0.2) is 64.6 Å². The molecule has 1 unspecified atom stereocenters. The second-order valence-electron chi connectivity index (χ2n) is 8.06. The van der Waals surface area contributed by atoms with Crippen LogP contribution in [0, 0.1) is 5.82 Å². The molecule has 1 saturated heterocycles. The number of methoxy groups -OCH3 is 2. The number of Topliss-reactive ketones (excluding diaryl/α,β-unsaturated/α-hetero) is 1. The van der Waals surface area contributed by atoms with Crippen LogP contribution < -0.4 is 14.4 Å². The number of aliphatic hydroxyl groups excluding tert-OH is 1. The van der Waals surface area contributed by atoms with Crippen LogP contribution >= 0.6 is 27.3 Å². The summed E-state index contributed by atoms with van der Waals surface area (Å²) in [7, 11) is 2.83. The van der Waals surface area contributed by atoms with Crippen molar-refractivity contribution >= 4 is 60.1 Å². The minimum atomic E-state index is -1.14. The van der Waals surface area contributed by atoms with E-state index >= 15 is 0 Å².